The van der Waals surface area contributed by atoms with E-state index in [4.69, 9.17) is 4.74 Å². The SMILES string of the molecule is CCO[C@H]1C[C@@](O)(CNc2ccccn2)C1(C)C. The molecule has 2 atom stereocenters. The number of hydrogen-bond acceptors (Lipinski definition) is 4. The Morgan fingerprint density at radius 2 is 2.28 bits per heavy atom. The minimum atomic E-state index is -0.732. The van der Waals surface area contributed by atoms with Crippen LogP contribution >= 0.6 is 0 Å². The normalized spacial score (nSPS) is 29.7. The van der Waals surface area contributed by atoms with Crippen LogP contribution in [0.5, 0.6) is 0 Å². The van der Waals surface area contributed by atoms with Crippen LogP contribution in [0.3, 0.4) is 0 Å². The third-order valence-corrected chi connectivity index (χ3v) is 4.12. The van der Waals surface area contributed by atoms with E-state index in [2.05, 4.69) is 24.1 Å². The quantitative estimate of drug-likeness (QED) is 0.840. The van der Waals surface area contributed by atoms with E-state index in [9.17, 15) is 5.11 Å². The number of hydrogen-bond donors (Lipinski definition) is 2. The Hall–Kier alpha value is -1.13. The van der Waals surface area contributed by atoms with Gasteiger partial charge in [-0.25, -0.2) is 4.98 Å². The molecule has 0 unspecified atom stereocenters. The summed E-state index contributed by atoms with van der Waals surface area (Å²) in [5, 5.41) is 13.8. The van der Waals surface area contributed by atoms with Gasteiger partial charge in [-0.1, -0.05) is 19.9 Å². The molecule has 0 spiro atoms. The number of nitrogens with one attached hydrogen (secondary N) is 1. The highest BCUT2D eigenvalue weighted by atomic mass is 16.5. The Balaban J connectivity index is 1.94. The molecule has 0 aliphatic heterocycles. The van der Waals surface area contributed by atoms with Crippen molar-refractivity contribution in [2.24, 2.45) is 5.41 Å². The van der Waals surface area contributed by atoms with Gasteiger partial charge in [0, 0.05) is 31.2 Å². The molecule has 2 N–H and O–H groups in total. The molecule has 0 amide bonds. The van der Waals surface area contributed by atoms with Crippen LogP contribution in [0.2, 0.25) is 0 Å². The summed E-state index contributed by atoms with van der Waals surface area (Å²) >= 11 is 0. The fourth-order valence-electron chi connectivity index (χ4n) is 2.47. The van der Waals surface area contributed by atoms with Crippen molar-refractivity contribution in [3.63, 3.8) is 0 Å². The second kappa shape index (κ2) is 4.86. The van der Waals surface area contributed by atoms with Crippen LogP contribution in [0, 0.1) is 5.41 Å². The van der Waals surface area contributed by atoms with E-state index in [1.165, 1.54) is 0 Å². The molecule has 1 fully saturated rings. The number of pyridine rings is 1. The minimum absolute atomic E-state index is 0.137. The molecule has 0 radical (unpaired) electrons. The van der Waals surface area contributed by atoms with Gasteiger partial charge >= 0.3 is 0 Å². The van der Waals surface area contributed by atoms with Crippen molar-refractivity contribution in [1.29, 1.82) is 0 Å². The molecule has 0 aromatic carbocycles. The summed E-state index contributed by atoms with van der Waals surface area (Å²) in [6.07, 6.45) is 2.55. The van der Waals surface area contributed by atoms with Crippen molar-refractivity contribution in [3.05, 3.63) is 24.4 Å². The molecule has 2 rings (SSSR count). The van der Waals surface area contributed by atoms with Crippen molar-refractivity contribution in [2.45, 2.75) is 38.9 Å². The van der Waals surface area contributed by atoms with Crippen LogP contribution in [-0.2, 0) is 4.74 Å². The molecule has 1 heterocycles. The van der Waals surface area contributed by atoms with Crippen LogP contribution in [-0.4, -0.2) is 34.9 Å². The van der Waals surface area contributed by atoms with Gasteiger partial charge in [0.25, 0.3) is 0 Å². The molecule has 4 nitrogen and oxygen atoms in total. The first kappa shape index (κ1) is 13.3. The van der Waals surface area contributed by atoms with E-state index < -0.39 is 5.60 Å². The predicted molar refractivity (Wildman–Crippen MR) is 71.5 cm³/mol. The molecular weight excluding hydrogens is 228 g/mol. The zero-order valence-corrected chi connectivity index (χ0v) is 11.3. The van der Waals surface area contributed by atoms with E-state index in [1.54, 1.807) is 6.20 Å². The first-order valence-corrected chi connectivity index (χ1v) is 6.48. The Labute approximate surface area is 108 Å². The van der Waals surface area contributed by atoms with Crippen molar-refractivity contribution in [1.82, 2.24) is 4.98 Å². The third kappa shape index (κ3) is 2.22. The second-order valence-corrected chi connectivity index (χ2v) is 5.47. The molecule has 1 aromatic heterocycles. The van der Waals surface area contributed by atoms with Gasteiger partial charge in [-0.05, 0) is 19.1 Å². The number of nitrogens with zero attached hydrogens (tertiary/aromatic N) is 1. The lowest BCUT2D eigenvalue weighted by molar-refractivity contribution is -0.233. The molecular formula is C14H22N2O2. The third-order valence-electron chi connectivity index (χ3n) is 4.12. The summed E-state index contributed by atoms with van der Waals surface area (Å²) in [5.41, 5.74) is -0.963. The summed E-state index contributed by atoms with van der Waals surface area (Å²) in [6.45, 7) is 7.28. The average molecular weight is 250 g/mol. The van der Waals surface area contributed by atoms with Gasteiger partial charge in [-0.3, -0.25) is 0 Å². The summed E-state index contributed by atoms with van der Waals surface area (Å²) in [5.74, 6) is 0.793. The molecule has 4 heteroatoms. The fraction of sp³-hybridized carbons (Fsp3) is 0.643. The Bertz CT molecular complexity index is 394. The van der Waals surface area contributed by atoms with Gasteiger partial charge < -0.3 is 15.2 Å². The number of anilines is 1. The first-order chi connectivity index (χ1) is 8.49. The average Bonchev–Trinajstić information content (AvgIpc) is 2.37. The summed E-state index contributed by atoms with van der Waals surface area (Å²) in [7, 11) is 0. The zero-order valence-electron chi connectivity index (χ0n) is 11.3. The number of aromatic nitrogens is 1. The van der Waals surface area contributed by atoms with Gasteiger partial charge in [0.15, 0.2) is 0 Å². The number of rotatable bonds is 5. The lowest BCUT2D eigenvalue weighted by atomic mass is 9.56. The maximum atomic E-state index is 10.6. The number of ether oxygens (including phenoxy) is 1. The largest absolute Gasteiger partial charge is 0.387 e. The molecule has 0 bridgehead atoms. The maximum Gasteiger partial charge on any atom is 0.125 e. The Morgan fingerprint density at radius 3 is 2.83 bits per heavy atom. The van der Waals surface area contributed by atoms with Gasteiger partial charge in [0.1, 0.15) is 5.82 Å². The van der Waals surface area contributed by atoms with E-state index in [-0.39, 0.29) is 11.5 Å². The topological polar surface area (TPSA) is 54.4 Å². The molecule has 1 aliphatic rings. The van der Waals surface area contributed by atoms with Gasteiger partial charge in [0.05, 0.1) is 11.7 Å². The van der Waals surface area contributed by atoms with Crippen LogP contribution in [0.1, 0.15) is 27.2 Å². The minimum Gasteiger partial charge on any atom is -0.387 e. The van der Waals surface area contributed by atoms with Crippen molar-refractivity contribution >= 4 is 5.82 Å². The molecule has 1 aromatic rings. The Morgan fingerprint density at radius 1 is 1.50 bits per heavy atom. The first-order valence-electron chi connectivity index (χ1n) is 6.48. The second-order valence-electron chi connectivity index (χ2n) is 5.47. The predicted octanol–water partition coefficient (Wildman–Crippen LogP) is 2.06. The smallest absolute Gasteiger partial charge is 0.125 e. The number of aliphatic hydroxyl groups is 1. The lowest BCUT2D eigenvalue weighted by Gasteiger charge is -2.58. The van der Waals surface area contributed by atoms with Crippen LogP contribution in [0.4, 0.5) is 5.82 Å². The monoisotopic (exact) mass is 250 g/mol. The van der Waals surface area contributed by atoms with Crippen LogP contribution in [0.15, 0.2) is 24.4 Å². The standard InChI is InChI=1S/C14H22N2O2/c1-4-18-11-9-14(17,13(11,2)3)10-16-12-7-5-6-8-15-12/h5-8,11,17H,4,9-10H2,1-3H3,(H,15,16)/t11-,14+/m0/s1. The molecule has 18 heavy (non-hydrogen) atoms. The van der Waals surface area contributed by atoms with Crippen LogP contribution < -0.4 is 5.32 Å². The van der Waals surface area contributed by atoms with E-state index in [1.807, 2.05) is 25.1 Å². The van der Waals surface area contributed by atoms with Gasteiger partial charge in [-0.2, -0.15) is 0 Å². The molecule has 1 aliphatic carbocycles. The van der Waals surface area contributed by atoms with Crippen molar-refractivity contribution in [2.75, 3.05) is 18.5 Å². The Kier molecular flexibility index (Phi) is 3.59. The van der Waals surface area contributed by atoms with Crippen LogP contribution in [0.25, 0.3) is 0 Å². The van der Waals surface area contributed by atoms with E-state index >= 15 is 0 Å². The van der Waals surface area contributed by atoms with Gasteiger partial charge in [-0.15, -0.1) is 0 Å². The van der Waals surface area contributed by atoms with E-state index in [0.29, 0.717) is 19.6 Å². The maximum absolute atomic E-state index is 10.6. The molecule has 100 valence electrons. The molecule has 0 saturated heterocycles. The van der Waals surface area contributed by atoms with E-state index in [0.717, 1.165) is 5.82 Å². The molecule has 1 saturated carbocycles. The highest BCUT2D eigenvalue weighted by Crippen LogP contribution is 2.51. The summed E-state index contributed by atoms with van der Waals surface area (Å²) < 4.78 is 5.64. The zero-order chi connectivity index (χ0) is 13.2. The van der Waals surface area contributed by atoms with Gasteiger partial charge in [0.2, 0.25) is 0 Å². The highest BCUT2D eigenvalue weighted by molar-refractivity contribution is 5.34. The lowest BCUT2D eigenvalue weighted by Crippen LogP contribution is -2.67. The van der Waals surface area contributed by atoms with Crippen molar-refractivity contribution < 1.29 is 9.84 Å². The van der Waals surface area contributed by atoms with Crippen molar-refractivity contribution in [3.8, 4) is 0 Å². The summed E-state index contributed by atoms with van der Waals surface area (Å²) in [4.78, 5) is 4.19. The highest BCUT2D eigenvalue weighted by Gasteiger charge is 2.59. The summed E-state index contributed by atoms with van der Waals surface area (Å²) in [6, 6.07) is 5.70. The fourth-order valence-corrected chi connectivity index (χ4v) is 2.47.